The van der Waals surface area contributed by atoms with Crippen LogP contribution in [-0.2, 0) is 9.47 Å². The molecule has 36 heavy (non-hydrogen) atoms. The summed E-state index contributed by atoms with van der Waals surface area (Å²) in [7, 11) is 0. The van der Waals surface area contributed by atoms with Gasteiger partial charge in [0.05, 0.1) is 48.1 Å². The molecule has 1 aromatic carbocycles. The van der Waals surface area contributed by atoms with E-state index in [1.165, 1.54) is 0 Å². The van der Waals surface area contributed by atoms with Crippen molar-refractivity contribution in [3.05, 3.63) is 29.5 Å². The Kier molecular flexibility index (Phi) is 5.92. The van der Waals surface area contributed by atoms with Gasteiger partial charge in [-0.15, -0.1) is 0 Å². The molecule has 0 spiro atoms. The number of nitriles is 1. The van der Waals surface area contributed by atoms with Gasteiger partial charge < -0.3 is 39.5 Å². The molecule has 3 aromatic rings. The zero-order valence-electron chi connectivity index (χ0n) is 19.5. The first-order valence-corrected chi connectivity index (χ1v) is 11.9. The lowest BCUT2D eigenvalue weighted by atomic mass is 10.1. The highest BCUT2D eigenvalue weighted by Gasteiger charge is 2.28. The van der Waals surface area contributed by atoms with Crippen LogP contribution in [0.2, 0.25) is 0 Å². The zero-order chi connectivity index (χ0) is 24.5. The molecular weight excluding hydrogens is 466 g/mol. The molecule has 3 N–H and O–H groups in total. The number of carbonyl (C=O) groups is 1. The van der Waals surface area contributed by atoms with Crippen LogP contribution >= 0.6 is 0 Å². The largest absolute Gasteiger partial charge is 0.485 e. The average Bonchev–Trinajstić information content (AvgIpc) is 3.59. The number of carbonyl (C=O) groups excluding carboxylic acids is 1. The van der Waals surface area contributed by atoms with Gasteiger partial charge in [0.25, 0.3) is 5.91 Å². The zero-order valence-corrected chi connectivity index (χ0v) is 19.5. The normalized spacial score (nSPS) is 19.2. The van der Waals surface area contributed by atoms with Crippen LogP contribution in [0.1, 0.15) is 22.3 Å². The summed E-state index contributed by atoms with van der Waals surface area (Å²) in [5.41, 5.74) is 2.00. The summed E-state index contributed by atoms with van der Waals surface area (Å²) in [6.45, 7) is 4.04. The third-order valence-corrected chi connectivity index (χ3v) is 6.39. The number of amides is 1. The number of rotatable bonds is 5. The van der Waals surface area contributed by atoms with E-state index >= 15 is 0 Å². The fourth-order valence-electron chi connectivity index (χ4n) is 4.58. The average molecular weight is 492 g/mol. The summed E-state index contributed by atoms with van der Waals surface area (Å²) in [4.78, 5) is 27.2. The van der Waals surface area contributed by atoms with Crippen molar-refractivity contribution in [1.29, 1.82) is 5.26 Å². The number of aromatic amines is 1. The highest BCUT2D eigenvalue weighted by molar-refractivity contribution is 5.99. The molecule has 2 fully saturated rings. The monoisotopic (exact) mass is 491 g/mol. The minimum Gasteiger partial charge on any atom is -0.485 e. The van der Waals surface area contributed by atoms with Gasteiger partial charge in [0, 0.05) is 25.9 Å². The van der Waals surface area contributed by atoms with Gasteiger partial charge in [-0.2, -0.15) is 15.2 Å². The maximum absolute atomic E-state index is 13.2. The van der Waals surface area contributed by atoms with Crippen LogP contribution in [0.4, 0.5) is 17.5 Å². The van der Waals surface area contributed by atoms with Crippen LogP contribution in [0, 0.1) is 11.3 Å². The van der Waals surface area contributed by atoms with Crippen molar-refractivity contribution >= 4 is 34.4 Å². The van der Waals surface area contributed by atoms with Gasteiger partial charge >= 0.3 is 0 Å². The Hall–Kier alpha value is -4.08. The van der Waals surface area contributed by atoms with Gasteiger partial charge in [-0.05, 0) is 18.6 Å². The van der Waals surface area contributed by atoms with E-state index < -0.39 is 0 Å². The summed E-state index contributed by atoms with van der Waals surface area (Å²) in [6, 6.07) is 5.77. The molecule has 0 radical (unpaired) electrons. The van der Waals surface area contributed by atoms with Crippen LogP contribution in [0.3, 0.4) is 0 Å². The molecule has 12 heteroatoms. The predicted octanol–water partition coefficient (Wildman–Crippen LogP) is 2.02. The summed E-state index contributed by atoms with van der Waals surface area (Å²) in [6.07, 6.45) is 2.46. The number of fused-ring (bicyclic) bond motifs is 2. The molecule has 0 aliphatic carbocycles. The minimum atomic E-state index is -0.120. The number of hydrogen-bond acceptors (Lipinski definition) is 10. The maximum Gasteiger partial charge on any atom is 0.257 e. The van der Waals surface area contributed by atoms with E-state index in [4.69, 9.17) is 18.9 Å². The quantitative estimate of drug-likeness (QED) is 0.484. The van der Waals surface area contributed by atoms with E-state index in [2.05, 4.69) is 31.7 Å². The number of anilines is 3. The second kappa shape index (κ2) is 9.52. The second-order valence-electron chi connectivity index (χ2n) is 8.68. The number of ether oxygens (including phenoxy) is 4. The molecule has 1 amide bonds. The maximum atomic E-state index is 13.2. The molecule has 5 heterocycles. The van der Waals surface area contributed by atoms with E-state index in [0.717, 1.165) is 6.42 Å². The van der Waals surface area contributed by atoms with Crippen LogP contribution in [0.5, 0.6) is 11.5 Å². The van der Waals surface area contributed by atoms with E-state index in [1.54, 1.807) is 23.2 Å². The van der Waals surface area contributed by atoms with E-state index in [0.29, 0.717) is 104 Å². The lowest BCUT2D eigenvalue weighted by Crippen LogP contribution is -2.41. The molecule has 3 aliphatic rings. The second-order valence-corrected chi connectivity index (χ2v) is 8.68. The number of nitrogens with one attached hydrogen (secondary N) is 3. The molecule has 0 saturated carbocycles. The SMILES string of the molecule is N#Cc1c[nH]c2nc(Nc3ccc(C(=O)N4CCOCC4)c4c3OCCO4)nc(N[C@@H]3CCOC3)c12. The third kappa shape index (κ3) is 4.12. The van der Waals surface area contributed by atoms with Gasteiger partial charge in [-0.1, -0.05) is 0 Å². The van der Waals surface area contributed by atoms with Gasteiger partial charge in [-0.25, -0.2) is 0 Å². The third-order valence-electron chi connectivity index (χ3n) is 6.39. The van der Waals surface area contributed by atoms with Crippen molar-refractivity contribution in [2.24, 2.45) is 0 Å². The van der Waals surface area contributed by atoms with E-state index in [-0.39, 0.29) is 11.9 Å². The van der Waals surface area contributed by atoms with Crippen molar-refractivity contribution in [1.82, 2.24) is 19.9 Å². The van der Waals surface area contributed by atoms with Gasteiger partial charge in [0.15, 0.2) is 11.5 Å². The fraction of sp³-hybridized carbons (Fsp3) is 0.417. The van der Waals surface area contributed by atoms with E-state index in [1.807, 2.05) is 0 Å². The lowest BCUT2D eigenvalue weighted by molar-refractivity contribution is 0.0298. The Labute approximate surface area is 206 Å². The molecule has 12 nitrogen and oxygen atoms in total. The first-order chi connectivity index (χ1) is 17.7. The lowest BCUT2D eigenvalue weighted by Gasteiger charge is -2.29. The minimum absolute atomic E-state index is 0.0902. The molecule has 2 aromatic heterocycles. The number of H-pyrrole nitrogens is 1. The first kappa shape index (κ1) is 22.4. The Bertz CT molecular complexity index is 1340. The van der Waals surface area contributed by atoms with Gasteiger partial charge in [-0.3, -0.25) is 4.79 Å². The predicted molar refractivity (Wildman–Crippen MR) is 129 cm³/mol. The highest BCUT2D eigenvalue weighted by Crippen LogP contribution is 2.42. The van der Waals surface area contributed by atoms with Crippen molar-refractivity contribution in [2.75, 3.05) is 63.4 Å². The smallest absolute Gasteiger partial charge is 0.257 e. The molecule has 0 unspecified atom stereocenters. The van der Waals surface area contributed by atoms with Crippen molar-refractivity contribution < 1.29 is 23.7 Å². The van der Waals surface area contributed by atoms with Crippen LogP contribution in [-0.4, -0.2) is 84.5 Å². The van der Waals surface area contributed by atoms with Crippen molar-refractivity contribution in [2.45, 2.75) is 12.5 Å². The number of nitrogens with zero attached hydrogens (tertiary/aromatic N) is 4. The first-order valence-electron chi connectivity index (χ1n) is 11.9. The molecule has 1 atom stereocenters. The molecule has 2 saturated heterocycles. The summed E-state index contributed by atoms with van der Waals surface area (Å²) < 4.78 is 22.7. The van der Waals surface area contributed by atoms with Crippen molar-refractivity contribution in [3.63, 3.8) is 0 Å². The Balaban J connectivity index is 1.35. The van der Waals surface area contributed by atoms with Crippen LogP contribution in [0.15, 0.2) is 18.3 Å². The van der Waals surface area contributed by atoms with Crippen LogP contribution < -0.4 is 20.1 Å². The number of morpholine rings is 1. The fourth-order valence-corrected chi connectivity index (χ4v) is 4.58. The molecular formula is C24H25N7O5. The Morgan fingerprint density at radius 2 is 1.92 bits per heavy atom. The van der Waals surface area contributed by atoms with Gasteiger partial charge in [0.1, 0.15) is 30.7 Å². The molecule has 6 rings (SSSR count). The highest BCUT2D eigenvalue weighted by atomic mass is 16.6. The van der Waals surface area contributed by atoms with Crippen LogP contribution in [0.25, 0.3) is 11.0 Å². The number of benzene rings is 1. The standard InChI is InChI=1S/C24H25N7O5/c25-11-14-12-26-21-18(14)22(27-15-3-6-34-13-15)30-24(29-21)28-17-2-1-16(19-20(17)36-10-9-35-19)23(32)31-4-7-33-8-5-31/h1-2,12,15H,3-10,13H2,(H3,26,27,28,29,30)/t15-/m1/s1. The van der Waals surface area contributed by atoms with Gasteiger partial charge in [0.2, 0.25) is 5.95 Å². The van der Waals surface area contributed by atoms with Crippen molar-refractivity contribution in [3.8, 4) is 17.6 Å². The number of aromatic nitrogens is 3. The summed E-state index contributed by atoms with van der Waals surface area (Å²) >= 11 is 0. The topological polar surface area (TPSA) is 147 Å². The Morgan fingerprint density at radius 1 is 1.08 bits per heavy atom. The molecule has 3 aliphatic heterocycles. The Morgan fingerprint density at radius 3 is 2.69 bits per heavy atom. The molecule has 186 valence electrons. The molecule has 0 bridgehead atoms. The number of hydrogen-bond donors (Lipinski definition) is 3. The summed E-state index contributed by atoms with van der Waals surface area (Å²) in [5, 5.41) is 16.8. The van der Waals surface area contributed by atoms with E-state index in [9.17, 15) is 10.1 Å². The summed E-state index contributed by atoms with van der Waals surface area (Å²) in [5.74, 6) is 1.56.